The predicted octanol–water partition coefficient (Wildman–Crippen LogP) is 8.42. The van der Waals surface area contributed by atoms with Gasteiger partial charge in [0.1, 0.15) is 0 Å². The topological polar surface area (TPSA) is 37.1 Å². The molecular formula is C32H24ClN3. The van der Waals surface area contributed by atoms with Crippen LogP contribution in [0.25, 0.3) is 33.0 Å². The van der Waals surface area contributed by atoms with Gasteiger partial charge in [0.2, 0.25) is 5.29 Å². The number of hydrogen-bond acceptors (Lipinski definition) is 1. The third-order valence-corrected chi connectivity index (χ3v) is 6.21. The molecule has 36 heavy (non-hydrogen) atoms. The lowest BCUT2D eigenvalue weighted by Crippen LogP contribution is -2.00. The SMILES string of the molecule is C=N/C(=N\C(Cl)=N/Cc1ccc(-c2ccccc2)cc1)c1cccc(-c2ccc3ccccc3c2)c1. The molecule has 5 rings (SSSR count). The lowest BCUT2D eigenvalue weighted by molar-refractivity contribution is 1.07. The van der Waals surface area contributed by atoms with Gasteiger partial charge < -0.3 is 0 Å². The van der Waals surface area contributed by atoms with E-state index in [9.17, 15) is 0 Å². The van der Waals surface area contributed by atoms with E-state index >= 15 is 0 Å². The second-order valence-electron chi connectivity index (χ2n) is 8.38. The summed E-state index contributed by atoms with van der Waals surface area (Å²) in [5.74, 6) is 0.436. The largest absolute Gasteiger partial charge is 0.251 e. The van der Waals surface area contributed by atoms with E-state index in [0.29, 0.717) is 12.4 Å². The summed E-state index contributed by atoms with van der Waals surface area (Å²) in [5.41, 5.74) is 6.42. The molecule has 0 bridgehead atoms. The van der Waals surface area contributed by atoms with Crippen molar-refractivity contribution in [3.05, 3.63) is 132 Å². The summed E-state index contributed by atoms with van der Waals surface area (Å²) < 4.78 is 0. The van der Waals surface area contributed by atoms with E-state index in [2.05, 4.69) is 94.5 Å². The molecule has 0 spiro atoms. The van der Waals surface area contributed by atoms with E-state index in [1.807, 2.05) is 48.5 Å². The minimum absolute atomic E-state index is 0.139. The van der Waals surface area contributed by atoms with Crippen LogP contribution in [0.2, 0.25) is 0 Å². The zero-order chi connectivity index (χ0) is 24.7. The smallest absolute Gasteiger partial charge is 0.220 e. The Morgan fingerprint density at radius 2 is 1.25 bits per heavy atom. The van der Waals surface area contributed by atoms with E-state index in [1.54, 1.807) is 0 Å². The molecule has 3 nitrogen and oxygen atoms in total. The molecule has 0 fully saturated rings. The van der Waals surface area contributed by atoms with Gasteiger partial charge in [-0.2, -0.15) is 4.99 Å². The molecule has 0 N–H and O–H groups in total. The van der Waals surface area contributed by atoms with E-state index in [4.69, 9.17) is 11.6 Å². The minimum Gasteiger partial charge on any atom is -0.251 e. The summed E-state index contributed by atoms with van der Waals surface area (Å²) >= 11 is 6.38. The summed E-state index contributed by atoms with van der Waals surface area (Å²) in [4.78, 5) is 13.0. The Morgan fingerprint density at radius 1 is 0.611 bits per heavy atom. The maximum atomic E-state index is 6.38. The number of halogens is 1. The maximum absolute atomic E-state index is 6.38. The fourth-order valence-electron chi connectivity index (χ4n) is 4.11. The van der Waals surface area contributed by atoms with E-state index in [-0.39, 0.29) is 5.29 Å². The second kappa shape index (κ2) is 10.9. The van der Waals surface area contributed by atoms with Crippen LogP contribution in [0.5, 0.6) is 0 Å². The Balaban J connectivity index is 1.34. The van der Waals surface area contributed by atoms with Crippen LogP contribution in [0, 0.1) is 0 Å². The maximum Gasteiger partial charge on any atom is 0.220 e. The number of fused-ring (bicyclic) bond motifs is 1. The van der Waals surface area contributed by atoms with Crippen molar-refractivity contribution in [2.75, 3.05) is 0 Å². The van der Waals surface area contributed by atoms with Gasteiger partial charge in [0.25, 0.3) is 0 Å². The van der Waals surface area contributed by atoms with Gasteiger partial charge in [-0.05, 0) is 69.0 Å². The fraction of sp³-hybridized carbons (Fsp3) is 0.0312. The van der Waals surface area contributed by atoms with Gasteiger partial charge in [-0.25, -0.2) is 4.99 Å². The first kappa shape index (κ1) is 23.4. The molecule has 0 heterocycles. The zero-order valence-corrected chi connectivity index (χ0v) is 20.4. The van der Waals surface area contributed by atoms with Gasteiger partial charge in [0, 0.05) is 5.56 Å². The van der Waals surface area contributed by atoms with Crippen LogP contribution in [0.15, 0.2) is 136 Å². The second-order valence-corrected chi connectivity index (χ2v) is 8.72. The molecule has 0 aliphatic heterocycles. The summed E-state index contributed by atoms with van der Waals surface area (Å²) in [6.07, 6.45) is 0. The highest BCUT2D eigenvalue weighted by Crippen LogP contribution is 2.26. The highest BCUT2D eigenvalue weighted by atomic mass is 35.5. The van der Waals surface area contributed by atoms with Crippen LogP contribution >= 0.6 is 11.6 Å². The van der Waals surface area contributed by atoms with Gasteiger partial charge in [-0.15, -0.1) is 0 Å². The van der Waals surface area contributed by atoms with Gasteiger partial charge in [-0.3, -0.25) is 4.99 Å². The molecule has 0 amide bonds. The minimum atomic E-state index is 0.139. The van der Waals surface area contributed by atoms with E-state index in [0.717, 1.165) is 27.8 Å². The van der Waals surface area contributed by atoms with Gasteiger partial charge >= 0.3 is 0 Å². The zero-order valence-electron chi connectivity index (χ0n) is 19.7. The first-order chi connectivity index (χ1) is 17.7. The third-order valence-electron chi connectivity index (χ3n) is 6.00. The van der Waals surface area contributed by atoms with Crippen molar-refractivity contribution in [1.82, 2.24) is 0 Å². The standard InChI is InChI=1S/C32H24ClN3/c1-34-31(30-13-7-12-28(21-30)29-19-18-25-10-5-6-11-27(25)20-29)36-32(33)35-22-23-14-16-26(17-15-23)24-8-3-2-4-9-24/h2-21H,1,22H2/b35-32-,36-31-. The molecule has 0 saturated carbocycles. The monoisotopic (exact) mass is 485 g/mol. The van der Waals surface area contributed by atoms with Crippen molar-refractivity contribution in [3.8, 4) is 22.3 Å². The van der Waals surface area contributed by atoms with Crippen molar-refractivity contribution in [2.24, 2.45) is 15.0 Å². The Hall–Kier alpha value is -4.34. The first-order valence-corrected chi connectivity index (χ1v) is 12.1. The number of aliphatic imine (C=N–C) groups is 3. The van der Waals surface area contributed by atoms with Crippen molar-refractivity contribution < 1.29 is 0 Å². The highest BCUT2D eigenvalue weighted by molar-refractivity contribution is 6.65. The average Bonchev–Trinajstić information content (AvgIpc) is 2.95. The van der Waals surface area contributed by atoms with Crippen molar-refractivity contribution >= 4 is 40.2 Å². The van der Waals surface area contributed by atoms with Gasteiger partial charge in [0.15, 0.2) is 5.84 Å². The Bertz CT molecular complexity index is 1570. The molecule has 0 saturated heterocycles. The number of hydrogen-bond donors (Lipinski definition) is 0. The first-order valence-electron chi connectivity index (χ1n) is 11.7. The number of rotatable bonds is 5. The Morgan fingerprint density at radius 3 is 2.03 bits per heavy atom. The molecule has 0 aliphatic carbocycles. The number of amidine groups is 2. The number of benzene rings is 5. The normalized spacial score (nSPS) is 12.0. The van der Waals surface area contributed by atoms with Crippen LogP contribution in [0.1, 0.15) is 11.1 Å². The predicted molar refractivity (Wildman–Crippen MR) is 154 cm³/mol. The fourth-order valence-corrected chi connectivity index (χ4v) is 4.25. The quantitative estimate of drug-likeness (QED) is 0.136. The van der Waals surface area contributed by atoms with Crippen LogP contribution in [0.3, 0.4) is 0 Å². The number of nitrogens with zero attached hydrogens (tertiary/aromatic N) is 3. The molecule has 0 unspecified atom stereocenters. The lowest BCUT2D eigenvalue weighted by Gasteiger charge is -2.07. The molecule has 0 atom stereocenters. The van der Waals surface area contributed by atoms with Crippen LogP contribution in [-0.2, 0) is 6.54 Å². The van der Waals surface area contributed by atoms with Crippen molar-refractivity contribution in [3.63, 3.8) is 0 Å². The molecule has 0 radical (unpaired) electrons. The average molecular weight is 486 g/mol. The van der Waals surface area contributed by atoms with Gasteiger partial charge in [0.05, 0.1) is 6.54 Å². The molecule has 5 aromatic rings. The van der Waals surface area contributed by atoms with E-state index in [1.165, 1.54) is 16.3 Å². The third kappa shape index (κ3) is 5.48. The van der Waals surface area contributed by atoms with Gasteiger partial charge in [-0.1, -0.05) is 109 Å². The Kier molecular flexibility index (Phi) is 7.11. The molecule has 174 valence electrons. The summed E-state index contributed by atoms with van der Waals surface area (Å²) in [5, 5.41) is 2.55. The molecule has 0 aliphatic rings. The molecule has 4 heteroatoms. The Labute approximate surface area is 216 Å². The molecule has 5 aromatic carbocycles. The summed E-state index contributed by atoms with van der Waals surface area (Å²) in [6.45, 7) is 4.13. The molecular weight excluding hydrogens is 462 g/mol. The van der Waals surface area contributed by atoms with Crippen molar-refractivity contribution in [1.29, 1.82) is 0 Å². The van der Waals surface area contributed by atoms with Crippen LogP contribution < -0.4 is 0 Å². The van der Waals surface area contributed by atoms with Crippen molar-refractivity contribution in [2.45, 2.75) is 6.54 Å². The highest BCUT2D eigenvalue weighted by Gasteiger charge is 2.07. The van der Waals surface area contributed by atoms with E-state index < -0.39 is 0 Å². The molecule has 0 aromatic heterocycles. The van der Waals surface area contributed by atoms with Crippen LogP contribution in [0.4, 0.5) is 0 Å². The summed E-state index contributed by atoms with van der Waals surface area (Å²) in [7, 11) is 0. The lowest BCUT2D eigenvalue weighted by atomic mass is 9.99. The van der Waals surface area contributed by atoms with Crippen LogP contribution in [-0.4, -0.2) is 17.8 Å². The summed E-state index contributed by atoms with van der Waals surface area (Å²) in [6, 6.07) is 41.4.